The fourth-order valence-electron chi connectivity index (χ4n) is 2.07. The Morgan fingerprint density at radius 2 is 2.11 bits per heavy atom. The van der Waals surface area contributed by atoms with E-state index in [9.17, 15) is 9.59 Å². The summed E-state index contributed by atoms with van der Waals surface area (Å²) in [5.74, 6) is -1.05. The lowest BCUT2D eigenvalue weighted by Crippen LogP contribution is -2.63. The van der Waals surface area contributed by atoms with E-state index in [1.54, 1.807) is 0 Å². The van der Waals surface area contributed by atoms with Crippen molar-refractivity contribution in [3.8, 4) is 0 Å². The molecule has 1 aliphatic carbocycles. The molecule has 0 spiro atoms. The maximum absolute atomic E-state index is 11.6. The Bertz CT molecular complexity index is 330. The molecule has 6 nitrogen and oxygen atoms in total. The highest BCUT2D eigenvalue weighted by Gasteiger charge is 2.49. The molecule has 6 heteroatoms. The summed E-state index contributed by atoms with van der Waals surface area (Å²) >= 11 is 0. The van der Waals surface area contributed by atoms with Crippen molar-refractivity contribution in [3.05, 3.63) is 0 Å². The van der Waals surface area contributed by atoms with E-state index in [2.05, 4.69) is 10.6 Å². The maximum atomic E-state index is 11.6. The Labute approximate surface area is 107 Å². The van der Waals surface area contributed by atoms with Crippen LogP contribution in [0, 0.1) is 5.41 Å². The average Bonchev–Trinajstić information content (AvgIpc) is 2.27. The Morgan fingerprint density at radius 1 is 1.50 bits per heavy atom. The predicted octanol–water partition coefficient (Wildman–Crippen LogP) is 0.962. The van der Waals surface area contributed by atoms with Gasteiger partial charge in [0.15, 0.2) is 0 Å². The van der Waals surface area contributed by atoms with Crippen molar-refractivity contribution in [2.75, 3.05) is 6.61 Å². The Morgan fingerprint density at radius 3 is 2.56 bits per heavy atom. The number of rotatable bonds is 5. The van der Waals surface area contributed by atoms with E-state index in [0.717, 1.165) is 6.42 Å². The van der Waals surface area contributed by atoms with Crippen LogP contribution in [0.4, 0.5) is 4.79 Å². The third-order valence-electron chi connectivity index (χ3n) is 3.57. The Kier molecular flexibility index (Phi) is 4.56. The summed E-state index contributed by atoms with van der Waals surface area (Å²) < 4.78 is 5.56. The van der Waals surface area contributed by atoms with Gasteiger partial charge in [-0.25, -0.2) is 4.79 Å². The lowest BCUT2D eigenvalue weighted by atomic mass is 9.64. The molecule has 18 heavy (non-hydrogen) atoms. The Hall–Kier alpha value is -1.30. The van der Waals surface area contributed by atoms with Gasteiger partial charge in [-0.05, 0) is 20.3 Å². The van der Waals surface area contributed by atoms with Gasteiger partial charge in [0, 0.05) is 18.1 Å². The fraction of sp³-hybridized carbons (Fsp3) is 0.833. The molecule has 3 N–H and O–H groups in total. The van der Waals surface area contributed by atoms with E-state index in [-0.39, 0.29) is 17.6 Å². The number of aliphatic carboxylic acids is 1. The van der Waals surface area contributed by atoms with Gasteiger partial charge in [-0.1, -0.05) is 13.8 Å². The summed E-state index contributed by atoms with van der Waals surface area (Å²) in [6.45, 7) is 8.09. The highest BCUT2D eigenvalue weighted by molar-refractivity contribution is 5.82. The number of carboxylic acids is 1. The molecule has 0 saturated heterocycles. The van der Waals surface area contributed by atoms with Crippen molar-refractivity contribution >= 4 is 12.0 Å². The number of carbonyl (C=O) groups is 2. The van der Waals surface area contributed by atoms with Gasteiger partial charge in [-0.15, -0.1) is 0 Å². The number of carbonyl (C=O) groups excluding carboxylic acids is 1. The second-order valence-electron chi connectivity index (χ2n) is 5.23. The van der Waals surface area contributed by atoms with Gasteiger partial charge in [-0.2, -0.15) is 0 Å². The molecular weight excluding hydrogens is 236 g/mol. The van der Waals surface area contributed by atoms with E-state index in [4.69, 9.17) is 9.84 Å². The van der Waals surface area contributed by atoms with Crippen molar-refractivity contribution in [1.82, 2.24) is 10.6 Å². The first-order chi connectivity index (χ1) is 8.28. The molecule has 0 heterocycles. The summed E-state index contributed by atoms with van der Waals surface area (Å²) in [7, 11) is 0. The zero-order chi connectivity index (χ0) is 13.9. The van der Waals surface area contributed by atoms with Gasteiger partial charge in [0.05, 0.1) is 6.10 Å². The molecule has 0 aromatic rings. The van der Waals surface area contributed by atoms with E-state index < -0.39 is 18.0 Å². The van der Waals surface area contributed by atoms with Gasteiger partial charge in [0.1, 0.15) is 6.04 Å². The van der Waals surface area contributed by atoms with Crippen molar-refractivity contribution in [1.29, 1.82) is 0 Å². The minimum atomic E-state index is -1.05. The van der Waals surface area contributed by atoms with E-state index >= 15 is 0 Å². The SMILES string of the molecule is CCOC1CC(NC(=O)NC(C)C(=O)O)C1(C)C. The van der Waals surface area contributed by atoms with Crippen LogP contribution in [0.3, 0.4) is 0 Å². The molecular formula is C12H22N2O4. The topological polar surface area (TPSA) is 87.7 Å². The number of urea groups is 1. The highest BCUT2D eigenvalue weighted by atomic mass is 16.5. The van der Waals surface area contributed by atoms with Crippen molar-refractivity contribution < 1.29 is 19.4 Å². The molecule has 1 saturated carbocycles. The second-order valence-corrected chi connectivity index (χ2v) is 5.23. The number of ether oxygens (including phenoxy) is 1. The third kappa shape index (κ3) is 3.13. The van der Waals surface area contributed by atoms with E-state index in [0.29, 0.717) is 6.61 Å². The standard InChI is InChI=1S/C12H22N2O4/c1-5-18-9-6-8(12(9,3)4)14-11(17)13-7(2)10(15)16/h7-9H,5-6H2,1-4H3,(H,15,16)(H2,13,14,17). The van der Waals surface area contributed by atoms with Crippen LogP contribution in [0.2, 0.25) is 0 Å². The molecule has 0 aromatic heterocycles. The molecule has 1 aliphatic rings. The summed E-state index contributed by atoms with van der Waals surface area (Å²) in [5, 5.41) is 13.8. The summed E-state index contributed by atoms with van der Waals surface area (Å²) in [6.07, 6.45) is 0.903. The zero-order valence-electron chi connectivity index (χ0n) is 11.3. The molecule has 3 unspecified atom stereocenters. The van der Waals surface area contributed by atoms with Crippen LogP contribution in [0.5, 0.6) is 0 Å². The smallest absolute Gasteiger partial charge is 0.325 e. The van der Waals surface area contributed by atoms with E-state index in [1.807, 2.05) is 20.8 Å². The molecule has 0 aromatic carbocycles. The van der Waals surface area contributed by atoms with Crippen molar-refractivity contribution in [3.63, 3.8) is 0 Å². The summed E-state index contributed by atoms with van der Waals surface area (Å²) in [6, 6.07) is -1.33. The fourth-order valence-corrected chi connectivity index (χ4v) is 2.07. The number of hydrogen-bond acceptors (Lipinski definition) is 3. The quantitative estimate of drug-likeness (QED) is 0.685. The molecule has 1 rings (SSSR count). The molecule has 1 fully saturated rings. The van der Waals surface area contributed by atoms with Crippen LogP contribution in [0.15, 0.2) is 0 Å². The summed E-state index contributed by atoms with van der Waals surface area (Å²) in [4.78, 5) is 22.2. The summed E-state index contributed by atoms with van der Waals surface area (Å²) in [5.41, 5.74) is -0.125. The van der Waals surface area contributed by atoms with Gasteiger partial charge in [-0.3, -0.25) is 4.79 Å². The number of amides is 2. The van der Waals surface area contributed by atoms with Gasteiger partial charge in [0.25, 0.3) is 0 Å². The Balaban J connectivity index is 2.41. The average molecular weight is 258 g/mol. The highest BCUT2D eigenvalue weighted by Crippen LogP contribution is 2.42. The van der Waals surface area contributed by atoms with Crippen LogP contribution >= 0.6 is 0 Å². The van der Waals surface area contributed by atoms with E-state index in [1.165, 1.54) is 6.92 Å². The monoisotopic (exact) mass is 258 g/mol. The molecule has 0 bridgehead atoms. The first kappa shape index (κ1) is 14.8. The van der Waals surface area contributed by atoms with Gasteiger partial charge < -0.3 is 20.5 Å². The number of hydrogen-bond donors (Lipinski definition) is 3. The van der Waals surface area contributed by atoms with Crippen LogP contribution in [0.25, 0.3) is 0 Å². The second kappa shape index (κ2) is 5.56. The molecule has 0 radical (unpaired) electrons. The lowest BCUT2D eigenvalue weighted by Gasteiger charge is -2.51. The van der Waals surface area contributed by atoms with Crippen LogP contribution < -0.4 is 10.6 Å². The lowest BCUT2D eigenvalue weighted by molar-refractivity contribution is -0.138. The molecule has 3 atom stereocenters. The minimum Gasteiger partial charge on any atom is -0.480 e. The van der Waals surface area contributed by atoms with Gasteiger partial charge in [0.2, 0.25) is 0 Å². The molecule has 104 valence electrons. The third-order valence-corrected chi connectivity index (χ3v) is 3.57. The zero-order valence-corrected chi connectivity index (χ0v) is 11.3. The first-order valence-corrected chi connectivity index (χ1v) is 6.20. The predicted molar refractivity (Wildman–Crippen MR) is 66.4 cm³/mol. The number of nitrogens with one attached hydrogen (secondary N) is 2. The largest absolute Gasteiger partial charge is 0.480 e. The molecule has 0 aliphatic heterocycles. The van der Waals surface area contributed by atoms with Crippen LogP contribution in [0.1, 0.15) is 34.1 Å². The molecule has 2 amide bonds. The normalized spacial score (nSPS) is 26.9. The first-order valence-electron chi connectivity index (χ1n) is 6.20. The minimum absolute atomic E-state index is 0.00930. The van der Waals surface area contributed by atoms with Crippen molar-refractivity contribution in [2.24, 2.45) is 5.41 Å². The van der Waals surface area contributed by atoms with Crippen LogP contribution in [-0.4, -0.2) is 41.9 Å². The maximum Gasteiger partial charge on any atom is 0.325 e. The van der Waals surface area contributed by atoms with Crippen molar-refractivity contribution in [2.45, 2.75) is 52.3 Å². The van der Waals surface area contributed by atoms with Crippen LogP contribution in [-0.2, 0) is 9.53 Å². The number of carboxylic acid groups (broad SMARTS) is 1. The van der Waals surface area contributed by atoms with Gasteiger partial charge >= 0.3 is 12.0 Å².